The van der Waals surface area contributed by atoms with Crippen LogP contribution in [0.2, 0.25) is 0 Å². The van der Waals surface area contributed by atoms with E-state index in [1.54, 1.807) is 12.1 Å². The van der Waals surface area contributed by atoms with E-state index in [1.165, 1.54) is 17.5 Å². The Morgan fingerprint density at radius 2 is 1.67 bits per heavy atom. The number of aryl methyl sites for hydroxylation is 2. The number of fused-ring (bicyclic) bond motifs is 1. The molecule has 3 amide bonds. The van der Waals surface area contributed by atoms with Gasteiger partial charge in [0.2, 0.25) is 5.91 Å². The maximum Gasteiger partial charge on any atom is 0.325 e. The van der Waals surface area contributed by atoms with Gasteiger partial charge in [-0.2, -0.15) is 0 Å². The Labute approximate surface area is 149 Å². The number of rotatable bonds is 4. The third-order valence-corrected chi connectivity index (χ3v) is 4.44. The van der Waals surface area contributed by atoms with Crippen LogP contribution in [0.15, 0.2) is 46.9 Å². The fourth-order valence-corrected chi connectivity index (χ4v) is 2.99. The predicted molar refractivity (Wildman–Crippen MR) is 98.3 cm³/mol. The first-order valence-electron chi connectivity index (χ1n) is 7.82. The summed E-state index contributed by atoms with van der Waals surface area (Å²) in [5.74, 6) is -0.384. The zero-order valence-electron chi connectivity index (χ0n) is 13.1. The second kappa shape index (κ2) is 7.49. The lowest BCUT2D eigenvalue weighted by molar-refractivity contribution is -0.118. The predicted octanol–water partition coefficient (Wildman–Crippen LogP) is 3.70. The fourth-order valence-electron chi connectivity index (χ4n) is 2.73. The van der Waals surface area contributed by atoms with Crippen LogP contribution in [0.25, 0.3) is 0 Å². The van der Waals surface area contributed by atoms with Crippen LogP contribution in [0.4, 0.5) is 16.2 Å². The molecule has 2 aromatic rings. The van der Waals surface area contributed by atoms with Gasteiger partial charge in [0.25, 0.3) is 0 Å². The van der Waals surface area contributed by atoms with Crippen molar-refractivity contribution in [2.24, 2.45) is 0 Å². The molecule has 3 N–H and O–H groups in total. The lowest BCUT2D eigenvalue weighted by Crippen LogP contribution is -2.37. The smallest absolute Gasteiger partial charge is 0.325 e. The molecular formula is C18H18BrN3O2. The van der Waals surface area contributed by atoms with Crippen molar-refractivity contribution < 1.29 is 9.59 Å². The van der Waals surface area contributed by atoms with E-state index in [0.717, 1.165) is 23.0 Å². The van der Waals surface area contributed by atoms with Crippen molar-refractivity contribution in [3.8, 4) is 0 Å². The van der Waals surface area contributed by atoms with Crippen molar-refractivity contribution >= 4 is 39.2 Å². The number of amides is 3. The highest BCUT2D eigenvalue weighted by molar-refractivity contribution is 9.10. The van der Waals surface area contributed by atoms with E-state index in [9.17, 15) is 9.59 Å². The van der Waals surface area contributed by atoms with Gasteiger partial charge in [0.1, 0.15) is 0 Å². The molecule has 0 saturated carbocycles. The molecular weight excluding hydrogens is 370 g/mol. The molecule has 0 heterocycles. The highest BCUT2D eigenvalue weighted by Crippen LogP contribution is 2.24. The number of carbonyl (C=O) groups excluding carboxylic acids is 2. The minimum atomic E-state index is -0.543. The van der Waals surface area contributed by atoms with Crippen molar-refractivity contribution in [1.29, 1.82) is 0 Å². The number of benzene rings is 2. The standard InChI is InChI=1S/C18H18BrN3O2/c19-14-5-8-15(9-6-14)21-18(24)22-17(23)11-20-16-7-4-12-2-1-3-13(12)10-16/h4-10,20H,1-3,11H2,(H2,21,22,23,24). The molecule has 0 radical (unpaired) electrons. The van der Waals surface area contributed by atoms with Gasteiger partial charge in [-0.05, 0) is 66.8 Å². The third kappa shape index (κ3) is 4.35. The molecule has 24 heavy (non-hydrogen) atoms. The molecule has 0 unspecified atom stereocenters. The zero-order chi connectivity index (χ0) is 16.9. The first-order valence-corrected chi connectivity index (χ1v) is 8.61. The Morgan fingerprint density at radius 1 is 0.958 bits per heavy atom. The van der Waals surface area contributed by atoms with Gasteiger partial charge in [-0.15, -0.1) is 0 Å². The summed E-state index contributed by atoms with van der Waals surface area (Å²) in [6.07, 6.45) is 3.41. The van der Waals surface area contributed by atoms with Gasteiger partial charge in [0.15, 0.2) is 0 Å². The number of hydrogen-bond acceptors (Lipinski definition) is 3. The SMILES string of the molecule is O=C(CNc1ccc2c(c1)CCC2)NC(=O)Nc1ccc(Br)cc1. The summed E-state index contributed by atoms with van der Waals surface area (Å²) in [6, 6.07) is 12.7. The second-order valence-corrected chi connectivity index (χ2v) is 6.62. The van der Waals surface area contributed by atoms with Crippen LogP contribution >= 0.6 is 15.9 Å². The molecule has 0 fully saturated rings. The Kier molecular flexibility index (Phi) is 5.15. The third-order valence-electron chi connectivity index (χ3n) is 3.91. The lowest BCUT2D eigenvalue weighted by Gasteiger charge is -2.09. The maximum absolute atomic E-state index is 11.9. The largest absolute Gasteiger partial charge is 0.376 e. The molecule has 5 nitrogen and oxygen atoms in total. The number of urea groups is 1. The van der Waals surface area contributed by atoms with Crippen LogP contribution < -0.4 is 16.0 Å². The summed E-state index contributed by atoms with van der Waals surface area (Å²) in [4.78, 5) is 23.7. The van der Waals surface area contributed by atoms with Gasteiger partial charge < -0.3 is 10.6 Å². The molecule has 0 spiro atoms. The van der Waals surface area contributed by atoms with E-state index in [-0.39, 0.29) is 12.5 Å². The average Bonchev–Trinajstić information content (AvgIpc) is 3.02. The van der Waals surface area contributed by atoms with Gasteiger partial charge in [-0.1, -0.05) is 22.0 Å². The summed E-state index contributed by atoms with van der Waals surface area (Å²) in [5, 5.41) is 7.97. The van der Waals surface area contributed by atoms with Crippen molar-refractivity contribution in [1.82, 2.24) is 5.32 Å². The van der Waals surface area contributed by atoms with Gasteiger partial charge in [0, 0.05) is 15.8 Å². The van der Waals surface area contributed by atoms with Crippen LogP contribution in [-0.4, -0.2) is 18.5 Å². The number of hydrogen-bond donors (Lipinski definition) is 3. The summed E-state index contributed by atoms with van der Waals surface area (Å²) >= 11 is 3.32. The first kappa shape index (κ1) is 16.5. The Hall–Kier alpha value is -2.34. The van der Waals surface area contributed by atoms with Gasteiger partial charge >= 0.3 is 6.03 Å². The van der Waals surface area contributed by atoms with Crippen LogP contribution in [0.5, 0.6) is 0 Å². The van der Waals surface area contributed by atoms with Gasteiger partial charge in [-0.25, -0.2) is 4.79 Å². The topological polar surface area (TPSA) is 70.2 Å². The highest BCUT2D eigenvalue weighted by Gasteiger charge is 2.12. The molecule has 0 aliphatic heterocycles. The summed E-state index contributed by atoms with van der Waals surface area (Å²) < 4.78 is 0.920. The van der Waals surface area contributed by atoms with Crippen LogP contribution in [0.1, 0.15) is 17.5 Å². The van der Waals surface area contributed by atoms with Crippen LogP contribution in [0, 0.1) is 0 Å². The number of halogens is 1. The molecule has 2 aromatic carbocycles. The molecule has 1 aliphatic carbocycles. The minimum absolute atomic E-state index is 0.0482. The number of imide groups is 1. The van der Waals surface area contributed by atoms with Crippen LogP contribution in [-0.2, 0) is 17.6 Å². The van der Waals surface area contributed by atoms with Crippen molar-refractivity contribution in [3.05, 3.63) is 58.1 Å². The summed E-state index contributed by atoms with van der Waals surface area (Å²) in [7, 11) is 0. The van der Waals surface area contributed by atoms with E-state index >= 15 is 0 Å². The second-order valence-electron chi connectivity index (χ2n) is 5.70. The summed E-state index contributed by atoms with van der Waals surface area (Å²) in [5.41, 5.74) is 4.25. The molecule has 0 atom stereocenters. The van der Waals surface area contributed by atoms with Crippen molar-refractivity contribution in [2.45, 2.75) is 19.3 Å². The fraction of sp³-hybridized carbons (Fsp3) is 0.222. The van der Waals surface area contributed by atoms with Crippen molar-refractivity contribution in [3.63, 3.8) is 0 Å². The monoisotopic (exact) mass is 387 g/mol. The number of anilines is 2. The molecule has 0 bridgehead atoms. The zero-order valence-corrected chi connectivity index (χ0v) is 14.7. The quantitative estimate of drug-likeness (QED) is 0.748. The van der Waals surface area contributed by atoms with E-state index < -0.39 is 6.03 Å². The summed E-state index contributed by atoms with van der Waals surface area (Å²) in [6.45, 7) is 0.0482. The highest BCUT2D eigenvalue weighted by atomic mass is 79.9. The normalized spacial score (nSPS) is 12.4. The van der Waals surface area contributed by atoms with E-state index in [2.05, 4.69) is 44.0 Å². The molecule has 0 saturated heterocycles. The first-order chi connectivity index (χ1) is 11.6. The van der Waals surface area contributed by atoms with Crippen LogP contribution in [0.3, 0.4) is 0 Å². The van der Waals surface area contributed by atoms with Gasteiger partial charge in [-0.3, -0.25) is 10.1 Å². The lowest BCUT2D eigenvalue weighted by atomic mass is 10.1. The van der Waals surface area contributed by atoms with E-state index in [1.807, 2.05) is 18.2 Å². The number of nitrogens with one attached hydrogen (secondary N) is 3. The number of carbonyl (C=O) groups is 2. The molecule has 124 valence electrons. The Bertz CT molecular complexity index is 759. The molecule has 1 aliphatic rings. The molecule has 6 heteroatoms. The maximum atomic E-state index is 11.9. The van der Waals surface area contributed by atoms with Crippen molar-refractivity contribution in [2.75, 3.05) is 17.2 Å². The van der Waals surface area contributed by atoms with E-state index in [0.29, 0.717) is 5.69 Å². The average molecular weight is 388 g/mol. The molecule has 0 aromatic heterocycles. The van der Waals surface area contributed by atoms with Gasteiger partial charge in [0.05, 0.1) is 6.54 Å². The Morgan fingerprint density at radius 3 is 2.46 bits per heavy atom. The molecule has 3 rings (SSSR count). The Balaban J connectivity index is 1.46. The minimum Gasteiger partial charge on any atom is -0.376 e. The van der Waals surface area contributed by atoms with E-state index in [4.69, 9.17) is 0 Å².